The Bertz CT molecular complexity index is 1640. The molecule has 1 aromatic rings. The van der Waals surface area contributed by atoms with Crippen molar-refractivity contribution in [2.45, 2.75) is 152 Å². The van der Waals surface area contributed by atoms with Crippen molar-refractivity contribution in [3.8, 4) is 0 Å². The summed E-state index contributed by atoms with van der Waals surface area (Å²) in [6.07, 6.45) is 6.68. The quantitative estimate of drug-likeness (QED) is 0.161. The van der Waals surface area contributed by atoms with Gasteiger partial charge in [-0.3, -0.25) is 14.5 Å². The molecule has 0 amide bonds. The first-order valence-electron chi connectivity index (χ1n) is 22.0. The van der Waals surface area contributed by atoms with Crippen molar-refractivity contribution in [2.75, 3.05) is 33.7 Å². The Balaban J connectivity index is 1.28. The number of carbonyl (C=O) groups is 2. The third-order valence-electron chi connectivity index (χ3n) is 17.2. The number of aliphatic carboxylic acids is 1. The monoisotopic (exact) mass is 777 g/mol. The molecule has 0 spiro atoms. The molecule has 5 aliphatic rings. The molecule has 10 atom stereocenters. The molecule has 0 saturated heterocycles. The van der Waals surface area contributed by atoms with Crippen LogP contribution in [0, 0.1) is 56.2 Å². The predicted octanol–water partition coefficient (Wildman–Crippen LogP) is 8.60. The minimum absolute atomic E-state index is 0.00203. The average Bonchev–Trinajstić information content (AvgIpc) is 3.42. The number of hydrogen-bond acceptors (Lipinski definition) is 7. The lowest BCUT2D eigenvalue weighted by Crippen LogP contribution is -2.66. The molecular formula is C48H76N2O6. The number of carboxylic acids is 1. The molecule has 6 rings (SSSR count). The van der Waals surface area contributed by atoms with E-state index in [9.17, 15) is 24.9 Å². The van der Waals surface area contributed by atoms with E-state index in [1.54, 1.807) is 13.8 Å². The molecule has 0 bridgehead atoms. The Labute approximate surface area is 338 Å². The zero-order valence-corrected chi connectivity index (χ0v) is 36.8. The number of nitrogens with zero attached hydrogens (tertiary/aromatic N) is 2. The highest BCUT2D eigenvalue weighted by atomic mass is 16.6. The highest BCUT2D eigenvalue weighted by Crippen LogP contribution is 2.77. The fourth-order valence-corrected chi connectivity index (χ4v) is 13.9. The third kappa shape index (κ3) is 7.28. The van der Waals surface area contributed by atoms with E-state index in [1.807, 2.05) is 0 Å². The summed E-state index contributed by atoms with van der Waals surface area (Å²) >= 11 is 0. The van der Waals surface area contributed by atoms with Gasteiger partial charge in [0, 0.05) is 44.4 Å². The van der Waals surface area contributed by atoms with Crippen LogP contribution in [0.4, 0.5) is 0 Å². The van der Waals surface area contributed by atoms with Gasteiger partial charge in [-0.2, -0.15) is 0 Å². The summed E-state index contributed by atoms with van der Waals surface area (Å²) in [4.78, 5) is 30.7. The van der Waals surface area contributed by atoms with Gasteiger partial charge in [-0.15, -0.1) is 0 Å². The average molecular weight is 777 g/mol. The predicted molar refractivity (Wildman–Crippen MR) is 223 cm³/mol. The van der Waals surface area contributed by atoms with Gasteiger partial charge in [0.25, 0.3) is 0 Å². The van der Waals surface area contributed by atoms with Gasteiger partial charge in [-0.05, 0) is 136 Å². The Morgan fingerprint density at radius 3 is 2.20 bits per heavy atom. The summed E-state index contributed by atoms with van der Waals surface area (Å²) in [6.45, 7) is 23.1. The maximum atomic E-state index is 14.3. The van der Waals surface area contributed by atoms with Crippen molar-refractivity contribution in [2.24, 2.45) is 56.2 Å². The van der Waals surface area contributed by atoms with E-state index in [2.05, 4.69) is 103 Å². The number of rotatable bonds is 14. The van der Waals surface area contributed by atoms with Crippen LogP contribution >= 0.6 is 0 Å². The highest BCUT2D eigenvalue weighted by Gasteiger charge is 2.70. The standard InChI is InChI=1S/C48H76N2O6/c1-31(2)40-34(51)27-48(37(52)30-50(26-25-49(10)11)29-32-15-13-12-14-16-32)24-23-46(8)33(41(40)48)17-18-36-45(7)21-20-38(56-39(53)28-43(3,4)42(54)55)44(5,6)35(45)19-22-47(36,46)9/h12-16,31,33,35-39,52-53H,17-30H2,1-11H3,(H,54,55)/t33-,35?,36-,37-,38+,39?,45+,46-,47-,48+/m1/s1. The Morgan fingerprint density at radius 1 is 0.893 bits per heavy atom. The maximum absolute atomic E-state index is 14.3. The number of fused-ring (bicyclic) bond motifs is 7. The number of hydrogen-bond donors (Lipinski definition) is 3. The van der Waals surface area contributed by atoms with E-state index in [0.29, 0.717) is 24.8 Å². The van der Waals surface area contributed by atoms with E-state index in [0.717, 1.165) is 76.6 Å². The fraction of sp³-hybridized carbons (Fsp3) is 0.792. The lowest BCUT2D eigenvalue weighted by atomic mass is 9.33. The molecule has 1 aromatic carbocycles. The largest absolute Gasteiger partial charge is 0.481 e. The van der Waals surface area contributed by atoms with E-state index in [-0.39, 0.29) is 51.8 Å². The van der Waals surface area contributed by atoms with Crippen LogP contribution in [0.3, 0.4) is 0 Å². The summed E-state index contributed by atoms with van der Waals surface area (Å²) in [5.74, 6) is 0.640. The second-order valence-corrected chi connectivity index (χ2v) is 21.7. The molecule has 8 nitrogen and oxygen atoms in total. The number of carbonyl (C=O) groups excluding carboxylic acids is 1. The second kappa shape index (κ2) is 15.5. The number of ketones is 1. The Morgan fingerprint density at radius 2 is 1.57 bits per heavy atom. The fourth-order valence-electron chi connectivity index (χ4n) is 13.9. The van der Waals surface area contributed by atoms with Gasteiger partial charge >= 0.3 is 5.97 Å². The lowest BCUT2D eigenvalue weighted by Gasteiger charge is -2.72. The second-order valence-electron chi connectivity index (χ2n) is 21.7. The van der Waals surface area contributed by atoms with E-state index in [4.69, 9.17) is 4.74 Å². The van der Waals surface area contributed by atoms with Gasteiger partial charge < -0.3 is 25.0 Å². The summed E-state index contributed by atoms with van der Waals surface area (Å²) in [6, 6.07) is 10.6. The number of allylic oxidation sites excluding steroid dienone is 1. The zero-order chi connectivity index (χ0) is 41.2. The molecule has 5 aliphatic carbocycles. The molecule has 0 aliphatic heterocycles. The summed E-state index contributed by atoms with van der Waals surface area (Å²) in [7, 11) is 4.20. The van der Waals surface area contributed by atoms with E-state index in [1.165, 1.54) is 11.1 Å². The van der Waals surface area contributed by atoms with Crippen LogP contribution < -0.4 is 0 Å². The molecule has 4 saturated carbocycles. The first kappa shape index (κ1) is 43.5. The normalized spacial score (nSPS) is 36.6. The highest BCUT2D eigenvalue weighted by molar-refractivity contribution is 6.00. The molecule has 314 valence electrons. The number of aliphatic hydroxyl groups excluding tert-OH is 2. The smallest absolute Gasteiger partial charge is 0.309 e. The number of Topliss-reactive ketones (excluding diaryl/α,β-unsaturated/α-hetero) is 1. The van der Waals surface area contributed by atoms with Gasteiger partial charge in [-0.1, -0.05) is 84.4 Å². The first-order valence-corrected chi connectivity index (χ1v) is 22.0. The van der Waals surface area contributed by atoms with Crippen LogP contribution in [0.1, 0.15) is 132 Å². The van der Waals surface area contributed by atoms with Crippen LogP contribution in [0.25, 0.3) is 0 Å². The van der Waals surface area contributed by atoms with Crippen LogP contribution in [0.5, 0.6) is 0 Å². The SMILES string of the molecule is CC(C)C1=C2[C@H]3CC[C@@H]4[C@@]5(C)CC[C@H](OC(O)CC(C)(C)C(=O)O)C(C)(C)C5CC[C@@]4(C)[C@]3(C)CC[C@@]2([C@H](O)CN(CCN(C)C)Cc2ccccc2)CC1=O. The molecule has 0 aromatic heterocycles. The third-order valence-corrected chi connectivity index (χ3v) is 17.2. The molecule has 8 heteroatoms. The van der Waals surface area contributed by atoms with Gasteiger partial charge in [-0.25, -0.2) is 0 Å². The summed E-state index contributed by atoms with van der Waals surface area (Å²) in [5.41, 5.74) is 1.98. The van der Waals surface area contributed by atoms with Gasteiger partial charge in [0.15, 0.2) is 12.1 Å². The van der Waals surface area contributed by atoms with Crippen LogP contribution in [-0.2, 0) is 20.9 Å². The first-order chi connectivity index (χ1) is 26.0. The van der Waals surface area contributed by atoms with Gasteiger partial charge in [0.2, 0.25) is 0 Å². The molecule has 0 radical (unpaired) electrons. The number of likely N-dealkylation sites (N-methyl/N-ethyl adjacent to an activating group) is 1. The van der Waals surface area contributed by atoms with Crippen molar-refractivity contribution < 1.29 is 29.6 Å². The molecule has 0 heterocycles. The Hall–Kier alpha value is -2.10. The maximum Gasteiger partial charge on any atom is 0.309 e. The molecule has 3 N–H and O–H groups in total. The number of benzene rings is 1. The molecular weight excluding hydrogens is 701 g/mol. The number of carboxylic acid groups (broad SMARTS) is 1. The van der Waals surface area contributed by atoms with Gasteiger partial charge in [0.05, 0.1) is 17.6 Å². The summed E-state index contributed by atoms with van der Waals surface area (Å²) < 4.78 is 6.39. The van der Waals surface area contributed by atoms with Gasteiger partial charge in [0.1, 0.15) is 0 Å². The Kier molecular flexibility index (Phi) is 12.0. The van der Waals surface area contributed by atoms with Crippen LogP contribution in [-0.4, -0.2) is 89.1 Å². The number of aliphatic hydroxyl groups is 2. The van der Waals surface area contributed by atoms with Crippen molar-refractivity contribution in [3.63, 3.8) is 0 Å². The minimum atomic E-state index is -1.12. The molecule has 56 heavy (non-hydrogen) atoms. The minimum Gasteiger partial charge on any atom is -0.481 e. The zero-order valence-electron chi connectivity index (χ0n) is 36.8. The van der Waals surface area contributed by atoms with E-state index < -0.39 is 29.2 Å². The van der Waals surface area contributed by atoms with E-state index >= 15 is 0 Å². The summed E-state index contributed by atoms with van der Waals surface area (Å²) in [5, 5.41) is 33.4. The lowest BCUT2D eigenvalue weighted by molar-refractivity contribution is -0.258. The van der Waals surface area contributed by atoms with Crippen molar-refractivity contribution in [3.05, 3.63) is 47.0 Å². The topological polar surface area (TPSA) is 111 Å². The number of ether oxygens (including phenoxy) is 1. The van der Waals surface area contributed by atoms with Crippen molar-refractivity contribution in [1.82, 2.24) is 9.80 Å². The van der Waals surface area contributed by atoms with Crippen LogP contribution in [0.2, 0.25) is 0 Å². The van der Waals surface area contributed by atoms with Crippen LogP contribution in [0.15, 0.2) is 41.5 Å². The molecule has 2 unspecified atom stereocenters. The molecule has 4 fully saturated rings. The van der Waals surface area contributed by atoms with Crippen molar-refractivity contribution in [1.29, 1.82) is 0 Å². The van der Waals surface area contributed by atoms with Crippen molar-refractivity contribution >= 4 is 11.8 Å².